The number of ether oxygens (including phenoxy) is 3. The molecule has 2 fully saturated rings. The lowest BCUT2D eigenvalue weighted by atomic mass is 10.0. The van der Waals surface area contributed by atoms with Gasteiger partial charge in [0.15, 0.2) is 11.6 Å². The van der Waals surface area contributed by atoms with Gasteiger partial charge in [-0.25, -0.2) is 9.78 Å². The van der Waals surface area contributed by atoms with Gasteiger partial charge in [-0.1, -0.05) is 23.7 Å². The first-order valence-electron chi connectivity index (χ1n) is 22.0. The number of ketones is 1. The molecule has 0 saturated carbocycles. The predicted octanol–water partition coefficient (Wildman–Crippen LogP) is 3.22. The Morgan fingerprint density at radius 1 is 0.853 bits per heavy atom. The summed E-state index contributed by atoms with van der Waals surface area (Å²) in [5, 5.41) is 17.1. The molecule has 1 unspecified atom stereocenters. The van der Waals surface area contributed by atoms with Crippen molar-refractivity contribution in [2.45, 2.75) is 31.8 Å². The van der Waals surface area contributed by atoms with Gasteiger partial charge in [0.1, 0.15) is 24.3 Å². The van der Waals surface area contributed by atoms with Crippen molar-refractivity contribution in [3.05, 3.63) is 94.6 Å². The SMILES string of the molecule is CNC(=O)c1ccccc1Nc1nc(Nc2ccc(N3CCN(C(=O)NCCOCC(=O)COCCOCCC(=O)Nc4ccc5c(c4)CN(C4CCC(=O)NC4=O)C5=O)CC3)cc2)ncc1Cl. The average molecular weight is 954 g/mol. The van der Waals surface area contributed by atoms with Crippen LogP contribution in [0, 0.1) is 0 Å². The number of urea groups is 1. The van der Waals surface area contributed by atoms with Crippen LogP contribution in [0.15, 0.2) is 72.9 Å². The molecule has 3 aromatic carbocycles. The fraction of sp³-hybridized carbons (Fsp3) is 0.370. The summed E-state index contributed by atoms with van der Waals surface area (Å²) in [5.74, 6) is -1.29. The first kappa shape index (κ1) is 48.7. The van der Waals surface area contributed by atoms with E-state index in [1.165, 1.54) is 11.1 Å². The number of nitrogens with one attached hydrogen (secondary N) is 6. The Morgan fingerprint density at radius 2 is 1.59 bits per heavy atom. The maximum absolute atomic E-state index is 12.9. The van der Waals surface area contributed by atoms with Gasteiger partial charge in [0.05, 0.1) is 50.3 Å². The molecule has 1 atom stereocenters. The van der Waals surface area contributed by atoms with Crippen molar-refractivity contribution in [3.8, 4) is 0 Å². The molecule has 1 aromatic heterocycles. The van der Waals surface area contributed by atoms with Crippen LogP contribution in [0.1, 0.15) is 45.5 Å². The average Bonchev–Trinajstić information content (AvgIpc) is 3.66. The fourth-order valence-corrected chi connectivity index (χ4v) is 7.77. The minimum absolute atomic E-state index is 0.0666. The van der Waals surface area contributed by atoms with Crippen LogP contribution in [0.4, 0.5) is 39.3 Å². The largest absolute Gasteiger partial charge is 0.379 e. The standard InChI is InChI=1S/C46H52ClN11O10/c1-48-42(62)35-4-2-3-5-37(35)53-41-36(47)25-50-45(55-41)52-30-6-9-32(10-7-30)56-16-18-57(19-17-56)46(65)49-15-21-67-27-33(59)28-68-23-22-66-20-14-40(61)51-31-8-11-34-29(24-31)26-58(44(34)64)38-12-13-39(60)54-43(38)63/h2-11,24-25,38H,12-23,26-28H2,1H3,(H,48,62)(H,49,65)(H,51,61)(H,54,60,63)(H2,50,52,53,55). The van der Waals surface area contributed by atoms with Crippen molar-refractivity contribution in [2.75, 3.05) is 100 Å². The molecule has 358 valence electrons. The van der Waals surface area contributed by atoms with E-state index in [9.17, 15) is 33.6 Å². The summed E-state index contributed by atoms with van der Waals surface area (Å²) in [6, 6.07) is 18.8. The number of carbonyl (C=O) groups excluding carboxylic acids is 7. The molecule has 0 spiro atoms. The van der Waals surface area contributed by atoms with Gasteiger partial charge in [0.25, 0.3) is 11.8 Å². The predicted molar refractivity (Wildman–Crippen MR) is 250 cm³/mol. The Morgan fingerprint density at radius 3 is 2.35 bits per heavy atom. The maximum atomic E-state index is 12.9. The van der Waals surface area contributed by atoms with E-state index in [0.29, 0.717) is 66.0 Å². The number of rotatable bonds is 21. The number of hydrogen-bond acceptors (Lipinski definition) is 15. The molecular weight excluding hydrogens is 902 g/mol. The molecule has 6 N–H and O–H groups in total. The Balaban J connectivity index is 0.705. The first-order valence-corrected chi connectivity index (χ1v) is 22.4. The van der Waals surface area contributed by atoms with E-state index in [1.54, 1.807) is 54.4 Å². The van der Waals surface area contributed by atoms with Gasteiger partial charge in [-0.05, 0) is 66.6 Å². The highest BCUT2D eigenvalue weighted by Gasteiger charge is 2.39. The number of benzene rings is 3. The quantitative estimate of drug-likeness (QED) is 0.0518. The second-order valence-electron chi connectivity index (χ2n) is 15.8. The van der Waals surface area contributed by atoms with Gasteiger partial charge in [0.2, 0.25) is 23.7 Å². The number of nitrogens with zero attached hydrogens (tertiary/aromatic N) is 5. The highest BCUT2D eigenvalue weighted by molar-refractivity contribution is 6.33. The van der Waals surface area contributed by atoms with Crippen molar-refractivity contribution in [1.82, 2.24) is 35.7 Å². The third-order valence-corrected chi connectivity index (χ3v) is 11.4. The summed E-state index contributed by atoms with van der Waals surface area (Å²) >= 11 is 6.38. The van der Waals surface area contributed by atoms with Crippen molar-refractivity contribution < 1.29 is 47.8 Å². The van der Waals surface area contributed by atoms with Crippen LogP contribution in [0.2, 0.25) is 5.02 Å². The second-order valence-corrected chi connectivity index (χ2v) is 16.3. The molecule has 3 aliphatic rings. The van der Waals surface area contributed by atoms with E-state index in [0.717, 1.165) is 11.4 Å². The first-order chi connectivity index (χ1) is 32.9. The number of piperidine rings is 1. The number of para-hydroxylation sites is 1. The van der Waals surface area contributed by atoms with Crippen LogP contribution < -0.4 is 36.8 Å². The number of carbonyl (C=O) groups is 7. The maximum Gasteiger partial charge on any atom is 0.317 e. The Bertz CT molecular complexity index is 2500. The number of aromatic nitrogens is 2. The zero-order valence-corrected chi connectivity index (χ0v) is 38.1. The molecule has 2 saturated heterocycles. The zero-order valence-electron chi connectivity index (χ0n) is 37.3. The molecule has 68 heavy (non-hydrogen) atoms. The van der Waals surface area contributed by atoms with Crippen LogP contribution in [0.3, 0.4) is 0 Å². The minimum atomic E-state index is -0.718. The van der Waals surface area contributed by atoms with Crippen LogP contribution in [0.5, 0.6) is 0 Å². The summed E-state index contributed by atoms with van der Waals surface area (Å²) in [5.41, 5.74) is 4.37. The van der Waals surface area contributed by atoms with Crippen molar-refractivity contribution >= 4 is 87.5 Å². The van der Waals surface area contributed by atoms with Gasteiger partial charge in [-0.15, -0.1) is 0 Å². The summed E-state index contributed by atoms with van der Waals surface area (Å²) in [4.78, 5) is 101. The van der Waals surface area contributed by atoms with Crippen molar-refractivity contribution in [1.29, 1.82) is 0 Å². The Kier molecular flexibility index (Phi) is 16.8. The number of anilines is 6. The summed E-state index contributed by atoms with van der Waals surface area (Å²) < 4.78 is 16.2. The Labute approximate surface area is 396 Å². The Hall–Kier alpha value is -7.20. The van der Waals surface area contributed by atoms with Gasteiger partial charge in [0, 0.05) is 75.4 Å². The fourth-order valence-electron chi connectivity index (χ4n) is 7.64. The van der Waals surface area contributed by atoms with Gasteiger partial charge < -0.3 is 55.5 Å². The molecule has 4 aromatic rings. The highest BCUT2D eigenvalue weighted by Crippen LogP contribution is 2.30. The van der Waals surface area contributed by atoms with E-state index in [1.807, 2.05) is 24.3 Å². The van der Waals surface area contributed by atoms with E-state index < -0.39 is 11.9 Å². The molecule has 0 bridgehead atoms. The van der Waals surface area contributed by atoms with E-state index in [4.69, 9.17) is 25.8 Å². The number of piperazine rings is 1. The van der Waals surface area contributed by atoms with Gasteiger partial charge in [-0.2, -0.15) is 4.98 Å². The lowest BCUT2D eigenvalue weighted by Gasteiger charge is -2.36. The number of imide groups is 1. The summed E-state index contributed by atoms with van der Waals surface area (Å²) in [6.45, 7) is 2.99. The zero-order chi connectivity index (χ0) is 48.0. The van der Waals surface area contributed by atoms with Crippen molar-refractivity contribution in [2.24, 2.45) is 0 Å². The highest BCUT2D eigenvalue weighted by atomic mass is 35.5. The number of halogens is 1. The molecule has 0 radical (unpaired) electrons. The molecule has 21 nitrogen and oxygen atoms in total. The molecular formula is C46H52ClN11O10. The summed E-state index contributed by atoms with van der Waals surface area (Å²) in [6.07, 6.45) is 1.97. The number of fused-ring (bicyclic) bond motifs is 1. The van der Waals surface area contributed by atoms with Crippen LogP contribution >= 0.6 is 11.6 Å². The molecule has 3 aliphatic heterocycles. The molecule has 4 heterocycles. The third kappa shape index (κ3) is 13.0. The van der Waals surface area contributed by atoms with Crippen molar-refractivity contribution in [3.63, 3.8) is 0 Å². The van der Waals surface area contributed by atoms with Gasteiger partial charge in [-0.3, -0.25) is 34.1 Å². The topological polar surface area (TPSA) is 255 Å². The van der Waals surface area contributed by atoms with E-state index in [2.05, 4.69) is 46.8 Å². The summed E-state index contributed by atoms with van der Waals surface area (Å²) in [7, 11) is 1.56. The number of amides is 7. The third-order valence-electron chi connectivity index (χ3n) is 11.2. The monoisotopic (exact) mass is 953 g/mol. The van der Waals surface area contributed by atoms with E-state index in [-0.39, 0.29) is 112 Å². The normalized spacial score (nSPS) is 15.6. The number of Topliss-reactive ketones (excluding diaryl/α,β-unsaturated/α-hetero) is 1. The second kappa shape index (κ2) is 23.5. The molecule has 7 amide bonds. The molecule has 0 aliphatic carbocycles. The number of hydrogen-bond donors (Lipinski definition) is 6. The minimum Gasteiger partial charge on any atom is -0.379 e. The molecule has 7 rings (SSSR count). The lowest BCUT2D eigenvalue weighted by Crippen LogP contribution is -2.52. The van der Waals surface area contributed by atoms with Gasteiger partial charge >= 0.3 is 6.03 Å². The molecule has 22 heteroatoms. The lowest BCUT2D eigenvalue weighted by molar-refractivity contribution is -0.137. The van der Waals surface area contributed by atoms with E-state index >= 15 is 0 Å². The smallest absolute Gasteiger partial charge is 0.317 e. The van der Waals surface area contributed by atoms with Crippen LogP contribution in [-0.2, 0) is 39.9 Å². The van der Waals surface area contributed by atoms with Crippen LogP contribution in [0.25, 0.3) is 0 Å². The van der Waals surface area contributed by atoms with Crippen LogP contribution in [-0.4, -0.2) is 147 Å².